The SMILES string of the molecule is CN=C(c1ccccc1)C1(O)CC2CCC1C2. The van der Waals surface area contributed by atoms with Crippen molar-refractivity contribution < 1.29 is 5.11 Å². The van der Waals surface area contributed by atoms with Crippen molar-refractivity contribution in [1.29, 1.82) is 0 Å². The van der Waals surface area contributed by atoms with Crippen molar-refractivity contribution in [3.8, 4) is 0 Å². The summed E-state index contributed by atoms with van der Waals surface area (Å²) in [4.78, 5) is 4.40. The van der Waals surface area contributed by atoms with Gasteiger partial charge < -0.3 is 5.11 Å². The number of aliphatic imine (C=N–C) groups is 1. The summed E-state index contributed by atoms with van der Waals surface area (Å²) >= 11 is 0. The molecule has 1 aromatic rings. The van der Waals surface area contributed by atoms with Crippen LogP contribution in [-0.2, 0) is 0 Å². The molecule has 3 unspecified atom stereocenters. The Bertz CT molecular complexity index is 439. The highest BCUT2D eigenvalue weighted by Crippen LogP contribution is 2.52. The number of fused-ring (bicyclic) bond motifs is 2. The lowest BCUT2D eigenvalue weighted by Crippen LogP contribution is -2.44. The van der Waals surface area contributed by atoms with Gasteiger partial charge in [0.2, 0.25) is 0 Å². The van der Waals surface area contributed by atoms with Crippen LogP contribution in [0.25, 0.3) is 0 Å². The molecule has 0 radical (unpaired) electrons. The molecule has 0 spiro atoms. The first kappa shape index (κ1) is 11.0. The number of rotatable bonds is 2. The van der Waals surface area contributed by atoms with Crippen molar-refractivity contribution in [2.45, 2.75) is 31.3 Å². The molecule has 2 aliphatic rings. The molecule has 2 nitrogen and oxygen atoms in total. The van der Waals surface area contributed by atoms with E-state index >= 15 is 0 Å². The average Bonchev–Trinajstić information content (AvgIpc) is 2.91. The van der Waals surface area contributed by atoms with Crippen LogP contribution in [0.1, 0.15) is 31.2 Å². The van der Waals surface area contributed by atoms with Crippen LogP contribution in [0, 0.1) is 11.8 Å². The van der Waals surface area contributed by atoms with Gasteiger partial charge in [-0.1, -0.05) is 30.3 Å². The quantitative estimate of drug-likeness (QED) is 0.777. The smallest absolute Gasteiger partial charge is 0.110 e. The van der Waals surface area contributed by atoms with Gasteiger partial charge in [-0.2, -0.15) is 0 Å². The van der Waals surface area contributed by atoms with E-state index in [9.17, 15) is 5.11 Å². The Morgan fingerprint density at radius 2 is 2.06 bits per heavy atom. The molecular formula is C15H19NO. The Balaban J connectivity index is 1.97. The molecule has 2 bridgehead atoms. The molecule has 2 saturated carbocycles. The highest BCUT2D eigenvalue weighted by molar-refractivity contribution is 6.07. The fourth-order valence-corrected chi connectivity index (χ4v) is 3.76. The van der Waals surface area contributed by atoms with Crippen molar-refractivity contribution in [3.05, 3.63) is 35.9 Å². The maximum atomic E-state index is 11.0. The van der Waals surface area contributed by atoms with Gasteiger partial charge in [-0.25, -0.2) is 0 Å². The van der Waals surface area contributed by atoms with Crippen molar-refractivity contribution in [2.75, 3.05) is 7.05 Å². The lowest BCUT2D eigenvalue weighted by atomic mass is 9.78. The minimum absolute atomic E-state index is 0.423. The third-order valence-corrected chi connectivity index (χ3v) is 4.50. The fraction of sp³-hybridized carbons (Fsp3) is 0.533. The first-order valence-electron chi connectivity index (χ1n) is 6.49. The van der Waals surface area contributed by atoms with Crippen molar-refractivity contribution in [2.24, 2.45) is 16.8 Å². The molecule has 2 heteroatoms. The number of hydrogen-bond acceptors (Lipinski definition) is 2. The zero-order valence-corrected chi connectivity index (χ0v) is 10.3. The third kappa shape index (κ3) is 1.62. The molecule has 90 valence electrons. The maximum absolute atomic E-state index is 11.0. The molecule has 0 amide bonds. The molecule has 0 saturated heterocycles. The first-order chi connectivity index (χ1) is 8.24. The van der Waals surface area contributed by atoms with Crippen LogP contribution in [0.2, 0.25) is 0 Å². The van der Waals surface area contributed by atoms with Gasteiger partial charge >= 0.3 is 0 Å². The zero-order valence-electron chi connectivity index (χ0n) is 10.3. The van der Waals surface area contributed by atoms with E-state index in [0.717, 1.165) is 24.1 Å². The van der Waals surface area contributed by atoms with Crippen molar-refractivity contribution in [1.82, 2.24) is 0 Å². The van der Waals surface area contributed by atoms with Gasteiger partial charge in [0.05, 0.1) is 5.71 Å². The van der Waals surface area contributed by atoms with Gasteiger partial charge in [-0.3, -0.25) is 4.99 Å². The average molecular weight is 229 g/mol. The Kier molecular flexibility index (Phi) is 2.55. The van der Waals surface area contributed by atoms with Crippen LogP contribution in [0.5, 0.6) is 0 Å². The highest BCUT2D eigenvalue weighted by atomic mass is 16.3. The largest absolute Gasteiger partial charge is 0.383 e. The van der Waals surface area contributed by atoms with Gasteiger partial charge in [0.25, 0.3) is 0 Å². The molecule has 0 aromatic heterocycles. The Hall–Kier alpha value is -1.15. The molecule has 2 fully saturated rings. The summed E-state index contributed by atoms with van der Waals surface area (Å²) in [5.41, 5.74) is 1.30. The van der Waals surface area contributed by atoms with Gasteiger partial charge in [0.15, 0.2) is 0 Å². The number of aliphatic hydroxyl groups is 1. The van der Waals surface area contributed by atoms with E-state index in [4.69, 9.17) is 0 Å². The topological polar surface area (TPSA) is 32.6 Å². The number of hydrogen-bond donors (Lipinski definition) is 1. The summed E-state index contributed by atoms with van der Waals surface area (Å²) in [6, 6.07) is 10.1. The van der Waals surface area contributed by atoms with Crippen LogP contribution in [0.3, 0.4) is 0 Å². The van der Waals surface area contributed by atoms with Crippen molar-refractivity contribution >= 4 is 5.71 Å². The number of nitrogens with zero attached hydrogens (tertiary/aromatic N) is 1. The van der Waals surface area contributed by atoms with Crippen LogP contribution >= 0.6 is 0 Å². The summed E-state index contributed by atoms with van der Waals surface area (Å²) in [6.07, 6.45) is 4.54. The second-order valence-electron chi connectivity index (χ2n) is 5.44. The monoisotopic (exact) mass is 229 g/mol. The van der Waals surface area contributed by atoms with Crippen LogP contribution in [0.15, 0.2) is 35.3 Å². The summed E-state index contributed by atoms with van der Waals surface area (Å²) in [5, 5.41) is 11.0. The second-order valence-corrected chi connectivity index (χ2v) is 5.44. The standard InChI is InChI=1S/C15H19NO/c1-16-14(12-5-3-2-4-6-12)15(17)10-11-7-8-13(15)9-11/h2-6,11,13,17H,7-10H2,1H3. The summed E-state index contributed by atoms with van der Waals surface area (Å²) in [7, 11) is 1.80. The molecule has 1 aromatic carbocycles. The molecule has 0 heterocycles. The predicted octanol–water partition coefficient (Wildman–Crippen LogP) is 2.66. The Morgan fingerprint density at radius 1 is 1.29 bits per heavy atom. The van der Waals surface area contributed by atoms with E-state index in [1.165, 1.54) is 12.8 Å². The molecule has 3 rings (SSSR count). The van der Waals surface area contributed by atoms with Gasteiger partial charge in [0, 0.05) is 7.05 Å². The summed E-state index contributed by atoms with van der Waals surface area (Å²) < 4.78 is 0. The number of benzene rings is 1. The minimum Gasteiger partial charge on any atom is -0.383 e. The van der Waals surface area contributed by atoms with Gasteiger partial charge in [-0.05, 0) is 43.1 Å². The van der Waals surface area contributed by atoms with E-state index in [0.29, 0.717) is 11.8 Å². The van der Waals surface area contributed by atoms with E-state index in [-0.39, 0.29) is 0 Å². The Morgan fingerprint density at radius 3 is 2.59 bits per heavy atom. The molecule has 3 atom stereocenters. The van der Waals surface area contributed by atoms with Gasteiger partial charge in [-0.15, -0.1) is 0 Å². The third-order valence-electron chi connectivity index (χ3n) is 4.50. The van der Waals surface area contributed by atoms with Crippen molar-refractivity contribution in [3.63, 3.8) is 0 Å². The molecule has 2 aliphatic carbocycles. The maximum Gasteiger partial charge on any atom is 0.110 e. The summed E-state index contributed by atoms with van der Waals surface area (Å²) in [6.45, 7) is 0. The highest BCUT2D eigenvalue weighted by Gasteiger charge is 2.52. The minimum atomic E-state index is -0.668. The predicted molar refractivity (Wildman–Crippen MR) is 69.3 cm³/mol. The van der Waals surface area contributed by atoms with Gasteiger partial charge in [0.1, 0.15) is 5.60 Å². The normalized spacial score (nSPS) is 36.5. The lowest BCUT2D eigenvalue weighted by molar-refractivity contribution is 0.0542. The lowest BCUT2D eigenvalue weighted by Gasteiger charge is -2.34. The molecular weight excluding hydrogens is 210 g/mol. The fourth-order valence-electron chi connectivity index (χ4n) is 3.76. The second kappa shape index (κ2) is 3.95. The van der Waals surface area contributed by atoms with Crippen LogP contribution in [0.4, 0.5) is 0 Å². The molecule has 1 N–H and O–H groups in total. The Labute approximate surface area is 102 Å². The molecule has 0 aliphatic heterocycles. The first-order valence-corrected chi connectivity index (χ1v) is 6.49. The van der Waals surface area contributed by atoms with E-state index in [2.05, 4.69) is 4.99 Å². The zero-order chi connectivity index (χ0) is 11.9. The van der Waals surface area contributed by atoms with E-state index in [1.54, 1.807) is 7.05 Å². The van der Waals surface area contributed by atoms with Crippen LogP contribution < -0.4 is 0 Å². The molecule has 17 heavy (non-hydrogen) atoms. The van der Waals surface area contributed by atoms with E-state index < -0.39 is 5.60 Å². The van der Waals surface area contributed by atoms with Crippen LogP contribution in [-0.4, -0.2) is 23.5 Å². The summed E-state index contributed by atoms with van der Waals surface area (Å²) in [5.74, 6) is 1.14. The van der Waals surface area contributed by atoms with E-state index in [1.807, 2.05) is 30.3 Å².